The molecule has 0 fully saturated rings. The lowest BCUT2D eigenvalue weighted by Gasteiger charge is -2.02. The third-order valence-corrected chi connectivity index (χ3v) is 2.01. The number of carboxylic acid groups (broad SMARTS) is 1. The van der Waals surface area contributed by atoms with Crippen molar-refractivity contribution in [3.63, 3.8) is 0 Å². The van der Waals surface area contributed by atoms with Crippen LogP contribution in [0.2, 0.25) is 0 Å². The summed E-state index contributed by atoms with van der Waals surface area (Å²) >= 11 is 0. The molecule has 0 aromatic carbocycles. The van der Waals surface area contributed by atoms with E-state index in [-0.39, 0.29) is 12.3 Å². The highest BCUT2D eigenvalue weighted by molar-refractivity contribution is 5.85. The average molecular weight is 213 g/mol. The molecule has 0 unspecified atom stereocenters. The molecule has 0 atom stereocenters. The fourth-order valence-electron chi connectivity index (χ4n) is 1.20. The Bertz CT molecular complexity index is 335. The number of aryl methyl sites for hydroxylation is 1. The van der Waals surface area contributed by atoms with Crippen molar-refractivity contribution in [2.45, 2.75) is 13.0 Å². The van der Waals surface area contributed by atoms with Gasteiger partial charge in [-0.05, 0) is 19.0 Å². The second-order valence-corrected chi connectivity index (χ2v) is 3.20. The maximum Gasteiger partial charge on any atom is 0.356 e. The molecule has 84 valence electrons. The van der Waals surface area contributed by atoms with Gasteiger partial charge in [-0.15, -0.1) is 0 Å². The summed E-state index contributed by atoms with van der Waals surface area (Å²) in [6, 6.07) is 1.54. The molecule has 0 saturated carbocycles. The molecular formula is C9H15N3O3. The van der Waals surface area contributed by atoms with Gasteiger partial charge in [0.05, 0.1) is 5.69 Å². The highest BCUT2D eigenvalue weighted by Crippen LogP contribution is 2.02. The molecule has 0 bridgehead atoms. The van der Waals surface area contributed by atoms with Gasteiger partial charge in [-0.25, -0.2) is 4.79 Å². The third-order valence-electron chi connectivity index (χ3n) is 2.01. The van der Waals surface area contributed by atoms with E-state index in [4.69, 9.17) is 10.2 Å². The summed E-state index contributed by atoms with van der Waals surface area (Å²) < 4.78 is 1.54. The fourth-order valence-corrected chi connectivity index (χ4v) is 1.20. The molecule has 1 heterocycles. The predicted octanol–water partition coefficient (Wildman–Crippen LogP) is -0.410. The van der Waals surface area contributed by atoms with Crippen LogP contribution in [0.5, 0.6) is 0 Å². The van der Waals surface area contributed by atoms with E-state index in [1.54, 1.807) is 7.05 Å². The highest BCUT2D eigenvalue weighted by Gasteiger charge is 2.10. The summed E-state index contributed by atoms with van der Waals surface area (Å²) in [4.78, 5) is 10.6. The molecule has 0 radical (unpaired) electrons. The molecule has 0 aliphatic rings. The van der Waals surface area contributed by atoms with Crippen molar-refractivity contribution < 1.29 is 15.0 Å². The Labute approximate surface area is 87.5 Å². The molecule has 0 spiro atoms. The van der Waals surface area contributed by atoms with Crippen LogP contribution < -0.4 is 5.32 Å². The Morgan fingerprint density at radius 2 is 2.40 bits per heavy atom. The first-order valence-electron chi connectivity index (χ1n) is 4.73. The number of aliphatic hydroxyl groups excluding tert-OH is 1. The van der Waals surface area contributed by atoms with Crippen molar-refractivity contribution in [1.29, 1.82) is 0 Å². The molecule has 0 aliphatic heterocycles. The van der Waals surface area contributed by atoms with Gasteiger partial charge in [-0.1, -0.05) is 0 Å². The summed E-state index contributed by atoms with van der Waals surface area (Å²) in [5.74, 6) is -1.02. The van der Waals surface area contributed by atoms with E-state index in [0.29, 0.717) is 19.5 Å². The van der Waals surface area contributed by atoms with Crippen LogP contribution in [-0.2, 0) is 13.6 Å². The lowest BCUT2D eigenvalue weighted by atomic mass is 10.3. The lowest BCUT2D eigenvalue weighted by molar-refractivity contribution is 0.0689. The number of hydrogen-bond donors (Lipinski definition) is 3. The van der Waals surface area contributed by atoms with E-state index in [9.17, 15) is 4.79 Å². The van der Waals surface area contributed by atoms with E-state index in [1.807, 2.05) is 0 Å². The van der Waals surface area contributed by atoms with Gasteiger partial charge < -0.3 is 15.5 Å². The van der Waals surface area contributed by atoms with Gasteiger partial charge in [0, 0.05) is 20.2 Å². The van der Waals surface area contributed by atoms with Gasteiger partial charge >= 0.3 is 5.97 Å². The molecule has 1 aromatic rings. The maximum absolute atomic E-state index is 10.6. The van der Waals surface area contributed by atoms with Crippen molar-refractivity contribution in [2.75, 3.05) is 13.2 Å². The van der Waals surface area contributed by atoms with Crippen LogP contribution in [0.3, 0.4) is 0 Å². The van der Waals surface area contributed by atoms with E-state index < -0.39 is 5.97 Å². The highest BCUT2D eigenvalue weighted by atomic mass is 16.4. The Morgan fingerprint density at radius 1 is 1.67 bits per heavy atom. The first-order valence-corrected chi connectivity index (χ1v) is 4.73. The quantitative estimate of drug-likeness (QED) is 0.559. The number of carbonyl (C=O) groups is 1. The number of aliphatic hydroxyl groups is 1. The van der Waals surface area contributed by atoms with Gasteiger partial charge in [0.1, 0.15) is 0 Å². The first-order chi connectivity index (χ1) is 7.15. The Kier molecular flexibility index (Phi) is 4.26. The predicted molar refractivity (Wildman–Crippen MR) is 53.6 cm³/mol. The SMILES string of the molecule is Cn1nc(C(=O)O)cc1CNCCCO. The summed E-state index contributed by atoms with van der Waals surface area (Å²) in [5, 5.41) is 24.2. The van der Waals surface area contributed by atoms with Gasteiger partial charge in [0.15, 0.2) is 5.69 Å². The minimum Gasteiger partial charge on any atom is -0.476 e. The summed E-state index contributed by atoms with van der Waals surface area (Å²) in [7, 11) is 1.70. The number of aromatic carboxylic acids is 1. The van der Waals surface area contributed by atoms with E-state index in [0.717, 1.165) is 5.69 Å². The average Bonchev–Trinajstić information content (AvgIpc) is 2.55. The van der Waals surface area contributed by atoms with Gasteiger partial charge in [0.2, 0.25) is 0 Å². The van der Waals surface area contributed by atoms with Gasteiger partial charge in [-0.2, -0.15) is 5.10 Å². The molecule has 0 saturated heterocycles. The van der Waals surface area contributed by atoms with E-state index in [1.165, 1.54) is 10.7 Å². The van der Waals surface area contributed by atoms with Crippen LogP contribution in [0.4, 0.5) is 0 Å². The van der Waals surface area contributed by atoms with Crippen molar-refractivity contribution in [2.24, 2.45) is 7.05 Å². The Morgan fingerprint density at radius 3 is 2.93 bits per heavy atom. The van der Waals surface area contributed by atoms with Crippen LogP contribution in [-0.4, -0.2) is 39.1 Å². The number of rotatable bonds is 6. The number of nitrogens with zero attached hydrogens (tertiary/aromatic N) is 2. The molecule has 1 aromatic heterocycles. The Hall–Kier alpha value is -1.40. The van der Waals surface area contributed by atoms with Gasteiger partial charge in [0.25, 0.3) is 0 Å². The number of nitrogens with one attached hydrogen (secondary N) is 1. The Balaban J connectivity index is 2.50. The summed E-state index contributed by atoms with van der Waals surface area (Å²) in [6.07, 6.45) is 0.684. The zero-order chi connectivity index (χ0) is 11.3. The van der Waals surface area contributed by atoms with Crippen LogP contribution >= 0.6 is 0 Å². The van der Waals surface area contributed by atoms with Crippen LogP contribution in [0.15, 0.2) is 6.07 Å². The zero-order valence-corrected chi connectivity index (χ0v) is 8.60. The summed E-state index contributed by atoms with van der Waals surface area (Å²) in [6.45, 7) is 1.40. The van der Waals surface area contributed by atoms with Gasteiger partial charge in [-0.3, -0.25) is 4.68 Å². The molecule has 3 N–H and O–H groups in total. The van der Waals surface area contributed by atoms with Crippen molar-refractivity contribution in [3.05, 3.63) is 17.5 Å². The fraction of sp³-hybridized carbons (Fsp3) is 0.556. The second-order valence-electron chi connectivity index (χ2n) is 3.20. The number of aromatic nitrogens is 2. The number of hydrogen-bond acceptors (Lipinski definition) is 4. The monoisotopic (exact) mass is 213 g/mol. The van der Waals surface area contributed by atoms with Crippen molar-refractivity contribution in [3.8, 4) is 0 Å². The molecule has 15 heavy (non-hydrogen) atoms. The number of carboxylic acids is 1. The normalized spacial score (nSPS) is 10.5. The van der Waals surface area contributed by atoms with E-state index in [2.05, 4.69) is 10.4 Å². The lowest BCUT2D eigenvalue weighted by Crippen LogP contribution is -2.17. The molecular weight excluding hydrogens is 198 g/mol. The van der Waals surface area contributed by atoms with Crippen molar-refractivity contribution >= 4 is 5.97 Å². The smallest absolute Gasteiger partial charge is 0.356 e. The van der Waals surface area contributed by atoms with Crippen LogP contribution in [0.1, 0.15) is 22.6 Å². The molecule has 6 heteroatoms. The molecule has 0 amide bonds. The maximum atomic E-state index is 10.6. The van der Waals surface area contributed by atoms with Crippen LogP contribution in [0, 0.1) is 0 Å². The topological polar surface area (TPSA) is 87.4 Å². The summed E-state index contributed by atoms with van der Waals surface area (Å²) in [5.41, 5.74) is 0.863. The minimum absolute atomic E-state index is 0.0523. The molecule has 6 nitrogen and oxygen atoms in total. The third kappa shape index (κ3) is 3.34. The van der Waals surface area contributed by atoms with Crippen molar-refractivity contribution in [1.82, 2.24) is 15.1 Å². The van der Waals surface area contributed by atoms with Crippen LogP contribution in [0.25, 0.3) is 0 Å². The minimum atomic E-state index is -1.02. The zero-order valence-electron chi connectivity index (χ0n) is 8.60. The standard InChI is InChI=1S/C9H15N3O3/c1-12-7(6-10-3-2-4-13)5-8(11-12)9(14)15/h5,10,13H,2-4,6H2,1H3,(H,14,15). The largest absolute Gasteiger partial charge is 0.476 e. The molecule has 0 aliphatic carbocycles. The second kappa shape index (κ2) is 5.47. The van der Waals surface area contributed by atoms with E-state index >= 15 is 0 Å². The molecule has 1 rings (SSSR count). The first kappa shape index (κ1) is 11.7.